The number of benzene rings is 1. The van der Waals surface area contributed by atoms with E-state index < -0.39 is 10.1 Å². The number of hydrogen-bond acceptors (Lipinski definition) is 3. The van der Waals surface area contributed by atoms with Crippen LogP contribution in [0.25, 0.3) is 0 Å². The minimum Gasteiger partial charge on any atom is -0.393 e. The van der Waals surface area contributed by atoms with E-state index in [0.717, 1.165) is 30.7 Å². The van der Waals surface area contributed by atoms with Gasteiger partial charge in [0.2, 0.25) is 0 Å². The molecule has 21 heavy (non-hydrogen) atoms. The Bertz CT molecular complexity index is 522. The lowest BCUT2D eigenvalue weighted by molar-refractivity contribution is 0.122. The molecular formula is C15H23ClO4S. The second kappa shape index (κ2) is 8.73. The fraction of sp³-hybridized carbons (Fsp3) is 0.600. The van der Waals surface area contributed by atoms with Crippen molar-refractivity contribution in [3.63, 3.8) is 0 Å². The van der Waals surface area contributed by atoms with E-state index in [4.69, 9.17) is 16.2 Å². The summed E-state index contributed by atoms with van der Waals surface area (Å²) in [5.74, 6) is 0.416. The first-order valence-corrected chi connectivity index (χ1v) is 9.20. The summed E-state index contributed by atoms with van der Waals surface area (Å²) in [4.78, 5) is 0. The molecule has 0 saturated heterocycles. The number of aliphatic hydroxyl groups is 1. The summed E-state index contributed by atoms with van der Waals surface area (Å²) in [7, 11) is -3.67. The van der Waals surface area contributed by atoms with Crippen LogP contribution >= 0.6 is 11.6 Å². The van der Waals surface area contributed by atoms with E-state index in [9.17, 15) is 13.5 Å². The SMILES string of the molecule is CCCS(=O)(=O)O.OC1CCC(c2ccccc2Cl)CC1. The fourth-order valence-corrected chi connectivity index (χ4v) is 3.26. The normalized spacial score (nSPS) is 22.3. The number of hydrogen-bond donors (Lipinski definition) is 2. The van der Waals surface area contributed by atoms with Gasteiger partial charge in [-0.1, -0.05) is 36.7 Å². The monoisotopic (exact) mass is 334 g/mol. The summed E-state index contributed by atoms with van der Waals surface area (Å²) in [5, 5.41) is 10.3. The summed E-state index contributed by atoms with van der Waals surface area (Å²) in [6, 6.07) is 8.04. The molecule has 1 aromatic carbocycles. The molecule has 0 unspecified atom stereocenters. The molecule has 6 heteroatoms. The predicted octanol–water partition coefficient (Wildman–Crippen LogP) is 3.64. The molecule has 2 N–H and O–H groups in total. The van der Waals surface area contributed by atoms with Gasteiger partial charge in [0.05, 0.1) is 11.9 Å². The van der Waals surface area contributed by atoms with Crippen LogP contribution in [-0.2, 0) is 10.1 Å². The Morgan fingerprint density at radius 1 is 1.19 bits per heavy atom. The highest BCUT2D eigenvalue weighted by atomic mass is 35.5. The molecule has 0 atom stereocenters. The topological polar surface area (TPSA) is 74.6 Å². The Balaban J connectivity index is 0.000000270. The van der Waals surface area contributed by atoms with Crippen molar-refractivity contribution in [3.05, 3.63) is 34.9 Å². The van der Waals surface area contributed by atoms with Crippen LogP contribution in [0.5, 0.6) is 0 Å². The molecule has 2 rings (SSSR count). The van der Waals surface area contributed by atoms with Crippen LogP contribution in [0.4, 0.5) is 0 Å². The van der Waals surface area contributed by atoms with E-state index in [1.165, 1.54) is 5.56 Å². The van der Waals surface area contributed by atoms with Gasteiger partial charge in [0, 0.05) is 5.02 Å². The van der Waals surface area contributed by atoms with Crippen molar-refractivity contribution < 1.29 is 18.1 Å². The van der Waals surface area contributed by atoms with Gasteiger partial charge in [-0.2, -0.15) is 8.42 Å². The zero-order valence-electron chi connectivity index (χ0n) is 12.2. The average Bonchev–Trinajstić information content (AvgIpc) is 2.40. The summed E-state index contributed by atoms with van der Waals surface area (Å²) in [6.45, 7) is 1.69. The summed E-state index contributed by atoms with van der Waals surface area (Å²) >= 11 is 6.13. The van der Waals surface area contributed by atoms with Crippen molar-refractivity contribution in [1.29, 1.82) is 0 Å². The molecule has 0 aromatic heterocycles. The Hall–Kier alpha value is -0.620. The van der Waals surface area contributed by atoms with Crippen LogP contribution < -0.4 is 0 Å². The second-order valence-corrected chi connectivity index (χ2v) is 7.29. The highest BCUT2D eigenvalue weighted by molar-refractivity contribution is 7.85. The number of halogens is 1. The van der Waals surface area contributed by atoms with Gasteiger partial charge < -0.3 is 5.11 Å². The van der Waals surface area contributed by atoms with E-state index in [-0.39, 0.29) is 11.9 Å². The third-order valence-corrected chi connectivity index (χ3v) is 4.77. The van der Waals surface area contributed by atoms with Gasteiger partial charge in [-0.25, -0.2) is 0 Å². The molecule has 0 spiro atoms. The maximum absolute atomic E-state index is 9.79. The summed E-state index contributed by atoms with van der Waals surface area (Å²) in [6.07, 6.45) is 4.33. The maximum atomic E-state index is 9.79. The lowest BCUT2D eigenvalue weighted by atomic mass is 9.83. The molecule has 0 heterocycles. The highest BCUT2D eigenvalue weighted by Gasteiger charge is 2.21. The molecule has 1 aliphatic carbocycles. The van der Waals surface area contributed by atoms with E-state index in [1.807, 2.05) is 18.2 Å². The minimum atomic E-state index is -3.67. The fourth-order valence-electron chi connectivity index (χ4n) is 2.45. The van der Waals surface area contributed by atoms with Gasteiger partial charge in [0.1, 0.15) is 0 Å². The first-order valence-electron chi connectivity index (χ1n) is 7.21. The summed E-state index contributed by atoms with van der Waals surface area (Å²) < 4.78 is 27.6. The van der Waals surface area contributed by atoms with Crippen LogP contribution in [0.15, 0.2) is 24.3 Å². The van der Waals surface area contributed by atoms with Crippen molar-refractivity contribution in [3.8, 4) is 0 Å². The smallest absolute Gasteiger partial charge is 0.264 e. The molecule has 120 valence electrons. The maximum Gasteiger partial charge on any atom is 0.264 e. The standard InChI is InChI=1S/C12H15ClO.C3H8O3S/c13-12-4-2-1-3-11(12)9-5-7-10(14)8-6-9;1-2-3-7(4,5)6/h1-4,9-10,14H,5-8H2;2-3H2,1H3,(H,4,5,6). The van der Waals surface area contributed by atoms with Crippen LogP contribution in [0, 0.1) is 0 Å². The third kappa shape index (κ3) is 7.27. The predicted molar refractivity (Wildman–Crippen MR) is 85.4 cm³/mol. The van der Waals surface area contributed by atoms with E-state index in [2.05, 4.69) is 6.07 Å². The van der Waals surface area contributed by atoms with Gasteiger partial charge in [-0.3, -0.25) is 4.55 Å². The molecule has 0 radical (unpaired) electrons. The van der Waals surface area contributed by atoms with Gasteiger partial charge in [-0.15, -0.1) is 0 Å². The Morgan fingerprint density at radius 2 is 1.76 bits per heavy atom. The zero-order valence-corrected chi connectivity index (χ0v) is 13.8. The molecule has 1 aromatic rings. The largest absolute Gasteiger partial charge is 0.393 e. The summed E-state index contributed by atoms with van der Waals surface area (Å²) in [5.41, 5.74) is 1.25. The first kappa shape index (κ1) is 18.4. The van der Waals surface area contributed by atoms with E-state index in [0.29, 0.717) is 12.3 Å². The quantitative estimate of drug-likeness (QED) is 0.827. The average molecular weight is 335 g/mol. The molecule has 1 saturated carbocycles. The third-order valence-electron chi connectivity index (χ3n) is 3.50. The molecule has 1 aliphatic rings. The molecular weight excluding hydrogens is 312 g/mol. The highest BCUT2D eigenvalue weighted by Crippen LogP contribution is 2.35. The first-order chi connectivity index (χ1) is 9.83. The number of aliphatic hydroxyl groups excluding tert-OH is 1. The molecule has 0 bridgehead atoms. The zero-order chi connectivity index (χ0) is 15.9. The lowest BCUT2D eigenvalue weighted by Gasteiger charge is -2.26. The molecule has 1 fully saturated rings. The molecule has 0 amide bonds. The molecule has 4 nitrogen and oxygen atoms in total. The van der Waals surface area contributed by atoms with Crippen LogP contribution in [0.1, 0.15) is 50.5 Å². The van der Waals surface area contributed by atoms with Crippen LogP contribution in [0.2, 0.25) is 5.02 Å². The van der Waals surface area contributed by atoms with Gasteiger partial charge in [0.15, 0.2) is 0 Å². The van der Waals surface area contributed by atoms with E-state index in [1.54, 1.807) is 6.92 Å². The molecule has 0 aliphatic heterocycles. The van der Waals surface area contributed by atoms with Gasteiger partial charge in [-0.05, 0) is 49.7 Å². The second-order valence-electron chi connectivity index (χ2n) is 5.31. The van der Waals surface area contributed by atoms with Gasteiger partial charge >= 0.3 is 0 Å². The van der Waals surface area contributed by atoms with Crippen molar-refractivity contribution in [1.82, 2.24) is 0 Å². The number of rotatable bonds is 3. The van der Waals surface area contributed by atoms with Crippen molar-refractivity contribution >= 4 is 21.7 Å². The van der Waals surface area contributed by atoms with Crippen molar-refractivity contribution in [2.45, 2.75) is 51.0 Å². The van der Waals surface area contributed by atoms with Crippen LogP contribution in [0.3, 0.4) is 0 Å². The van der Waals surface area contributed by atoms with Gasteiger partial charge in [0.25, 0.3) is 10.1 Å². The lowest BCUT2D eigenvalue weighted by Crippen LogP contribution is -2.17. The Labute approximate surface area is 131 Å². The minimum absolute atomic E-state index is 0.0891. The Morgan fingerprint density at radius 3 is 2.19 bits per heavy atom. The Kier molecular flexibility index (Phi) is 7.66. The van der Waals surface area contributed by atoms with Crippen molar-refractivity contribution in [2.24, 2.45) is 0 Å². The van der Waals surface area contributed by atoms with E-state index >= 15 is 0 Å². The van der Waals surface area contributed by atoms with Crippen LogP contribution in [-0.4, -0.2) is 29.9 Å². The van der Waals surface area contributed by atoms with Crippen molar-refractivity contribution in [2.75, 3.05) is 5.75 Å².